The summed E-state index contributed by atoms with van der Waals surface area (Å²) >= 11 is 0. The van der Waals surface area contributed by atoms with Gasteiger partial charge in [-0.05, 0) is 46.7 Å². The molecule has 8 rings (SSSR count). The summed E-state index contributed by atoms with van der Waals surface area (Å²) in [5.74, 6) is -0.0356. The van der Waals surface area contributed by atoms with E-state index >= 15 is 0 Å². The molecule has 0 spiro atoms. The zero-order valence-electron chi connectivity index (χ0n) is 21.7. The predicted octanol–water partition coefficient (Wildman–Crippen LogP) is 9.25. The number of aromatic nitrogens is 2. The van der Waals surface area contributed by atoms with E-state index in [2.05, 4.69) is 89.6 Å². The fourth-order valence-electron chi connectivity index (χ4n) is 6.07. The van der Waals surface area contributed by atoms with Crippen molar-refractivity contribution in [1.29, 1.82) is 0 Å². The summed E-state index contributed by atoms with van der Waals surface area (Å²) in [6, 6.07) is 47.6. The minimum absolute atomic E-state index is 0.0356. The van der Waals surface area contributed by atoms with Crippen molar-refractivity contribution in [3.63, 3.8) is 0 Å². The van der Waals surface area contributed by atoms with E-state index in [4.69, 9.17) is 0 Å². The molecule has 3 nitrogen and oxygen atoms in total. The number of carbonyl (C=O) groups excluding carboxylic acids is 1. The van der Waals surface area contributed by atoms with E-state index in [0.29, 0.717) is 5.56 Å². The fourth-order valence-corrected chi connectivity index (χ4v) is 6.07. The summed E-state index contributed by atoms with van der Waals surface area (Å²) in [5, 5.41) is 5.41. The zero-order chi connectivity index (χ0) is 26.6. The maximum absolute atomic E-state index is 14.5. The first kappa shape index (κ1) is 22.6. The van der Waals surface area contributed by atoms with Gasteiger partial charge in [0.05, 0.1) is 16.6 Å². The minimum atomic E-state index is -0.0356. The number of hydrogen-bond acceptors (Lipinski definition) is 1. The van der Waals surface area contributed by atoms with Crippen molar-refractivity contribution in [2.75, 3.05) is 0 Å². The van der Waals surface area contributed by atoms with Crippen molar-refractivity contribution < 1.29 is 4.79 Å². The van der Waals surface area contributed by atoms with Crippen molar-refractivity contribution in [2.45, 2.75) is 0 Å². The molecule has 2 aromatic heterocycles. The lowest BCUT2D eigenvalue weighted by atomic mass is 10.0. The van der Waals surface area contributed by atoms with Crippen LogP contribution in [0.2, 0.25) is 0 Å². The highest BCUT2D eigenvalue weighted by Crippen LogP contribution is 2.40. The second-order valence-corrected chi connectivity index (χ2v) is 10.2. The van der Waals surface area contributed by atoms with E-state index < -0.39 is 0 Å². The van der Waals surface area contributed by atoms with Gasteiger partial charge in [0.15, 0.2) is 0 Å². The van der Waals surface area contributed by atoms with E-state index in [-0.39, 0.29) is 5.91 Å². The molecule has 0 saturated carbocycles. The Hall–Kier alpha value is -5.41. The first-order chi connectivity index (χ1) is 19.8. The van der Waals surface area contributed by atoms with Gasteiger partial charge >= 0.3 is 0 Å². The molecular formula is C37H24N2O. The Kier molecular flexibility index (Phi) is 4.98. The van der Waals surface area contributed by atoms with Gasteiger partial charge in [-0.1, -0.05) is 109 Å². The molecule has 6 aromatic carbocycles. The topological polar surface area (TPSA) is 26.9 Å². The van der Waals surface area contributed by atoms with E-state index in [1.165, 1.54) is 0 Å². The summed E-state index contributed by atoms with van der Waals surface area (Å²) in [7, 11) is 0. The summed E-state index contributed by atoms with van der Waals surface area (Å²) in [6.45, 7) is 0. The van der Waals surface area contributed by atoms with Crippen molar-refractivity contribution >= 4 is 49.4 Å². The number of para-hydroxylation sites is 2. The molecule has 0 radical (unpaired) electrons. The van der Waals surface area contributed by atoms with Crippen LogP contribution in [-0.2, 0) is 0 Å². The van der Waals surface area contributed by atoms with Gasteiger partial charge in [-0.3, -0.25) is 9.36 Å². The number of carbonyl (C=O) groups is 1. The van der Waals surface area contributed by atoms with Crippen LogP contribution in [0.1, 0.15) is 10.4 Å². The molecule has 0 fully saturated rings. The van der Waals surface area contributed by atoms with Crippen LogP contribution in [0.5, 0.6) is 0 Å². The molecule has 0 atom stereocenters. The predicted molar refractivity (Wildman–Crippen MR) is 165 cm³/mol. The van der Waals surface area contributed by atoms with Crippen molar-refractivity contribution in [3.8, 4) is 16.8 Å². The average Bonchev–Trinajstić information content (AvgIpc) is 3.58. The van der Waals surface area contributed by atoms with Gasteiger partial charge < -0.3 is 4.57 Å². The number of fused-ring (bicyclic) bond motifs is 6. The molecule has 0 aliphatic rings. The third kappa shape index (κ3) is 3.35. The zero-order valence-corrected chi connectivity index (χ0v) is 21.7. The molecule has 0 aliphatic heterocycles. The largest absolute Gasteiger partial charge is 0.314 e. The van der Waals surface area contributed by atoms with Gasteiger partial charge in [-0.25, -0.2) is 0 Å². The first-order valence-corrected chi connectivity index (χ1v) is 13.5. The van der Waals surface area contributed by atoms with E-state index in [9.17, 15) is 4.79 Å². The van der Waals surface area contributed by atoms with Crippen LogP contribution in [0.4, 0.5) is 0 Å². The number of nitrogens with zero attached hydrogens (tertiary/aromatic N) is 2. The Bertz CT molecular complexity index is 2220. The SMILES string of the molecule is O=C(c1ccc2ccccc2c1)n1c2ccccc2c2ccc3c(-c4ccccc4)cn(-c4ccccc4)c3c21. The van der Waals surface area contributed by atoms with Crippen molar-refractivity contribution in [2.24, 2.45) is 0 Å². The van der Waals surface area contributed by atoms with Crippen molar-refractivity contribution in [1.82, 2.24) is 9.13 Å². The molecule has 0 saturated heterocycles. The van der Waals surface area contributed by atoms with Crippen LogP contribution < -0.4 is 0 Å². The van der Waals surface area contributed by atoms with Crippen LogP contribution in [0.25, 0.3) is 60.3 Å². The van der Waals surface area contributed by atoms with Crippen molar-refractivity contribution in [3.05, 3.63) is 151 Å². The molecule has 0 unspecified atom stereocenters. The molecule has 0 bridgehead atoms. The summed E-state index contributed by atoms with van der Waals surface area (Å²) in [4.78, 5) is 14.5. The third-order valence-corrected chi connectivity index (χ3v) is 7.92. The average molecular weight is 513 g/mol. The second-order valence-electron chi connectivity index (χ2n) is 10.2. The molecule has 0 aliphatic carbocycles. The number of benzene rings is 6. The van der Waals surface area contributed by atoms with Crippen LogP contribution in [0.15, 0.2) is 146 Å². The Balaban J connectivity index is 1.51. The lowest BCUT2D eigenvalue weighted by Crippen LogP contribution is -2.12. The van der Waals surface area contributed by atoms with Gasteiger partial charge in [0, 0.05) is 39.2 Å². The van der Waals surface area contributed by atoms with E-state index in [1.54, 1.807) is 0 Å². The number of hydrogen-bond donors (Lipinski definition) is 0. The quantitative estimate of drug-likeness (QED) is 0.232. The van der Waals surface area contributed by atoms with Crippen LogP contribution in [-0.4, -0.2) is 15.0 Å². The monoisotopic (exact) mass is 512 g/mol. The van der Waals surface area contributed by atoms with Crippen LogP contribution >= 0.6 is 0 Å². The van der Waals surface area contributed by atoms with Gasteiger partial charge in [-0.15, -0.1) is 0 Å². The normalized spacial score (nSPS) is 11.6. The van der Waals surface area contributed by atoms with Gasteiger partial charge in [-0.2, -0.15) is 0 Å². The molecule has 188 valence electrons. The van der Waals surface area contributed by atoms with Gasteiger partial charge in [0.2, 0.25) is 0 Å². The molecular weight excluding hydrogens is 488 g/mol. The Morgan fingerprint density at radius 1 is 0.525 bits per heavy atom. The summed E-state index contributed by atoms with van der Waals surface area (Å²) < 4.78 is 4.16. The molecule has 2 heterocycles. The first-order valence-electron chi connectivity index (χ1n) is 13.5. The molecule has 40 heavy (non-hydrogen) atoms. The second kappa shape index (κ2) is 8.82. The van der Waals surface area contributed by atoms with Gasteiger partial charge in [0.25, 0.3) is 5.91 Å². The van der Waals surface area contributed by atoms with Crippen LogP contribution in [0.3, 0.4) is 0 Å². The smallest absolute Gasteiger partial charge is 0.262 e. The lowest BCUT2D eigenvalue weighted by molar-refractivity contribution is 0.0969. The standard InChI is InChI=1S/C37H24N2O/c40-37(28-20-19-25-11-7-8-14-27(25)23-28)39-34-18-10-9-17-30(34)31-21-22-32-33(26-12-3-1-4-13-26)24-38(35(32)36(31)39)29-15-5-2-6-16-29/h1-24H. The summed E-state index contributed by atoms with van der Waals surface area (Å²) in [6.07, 6.45) is 2.21. The Morgan fingerprint density at radius 2 is 1.20 bits per heavy atom. The minimum Gasteiger partial charge on any atom is -0.314 e. The van der Waals surface area contributed by atoms with E-state index in [1.807, 2.05) is 65.2 Å². The highest BCUT2D eigenvalue weighted by molar-refractivity contribution is 6.24. The molecule has 0 N–H and O–H groups in total. The molecule has 3 heteroatoms. The Morgan fingerprint density at radius 3 is 2.02 bits per heavy atom. The third-order valence-electron chi connectivity index (χ3n) is 7.92. The van der Waals surface area contributed by atoms with Crippen LogP contribution in [0, 0.1) is 0 Å². The fraction of sp³-hybridized carbons (Fsp3) is 0. The maximum Gasteiger partial charge on any atom is 0.262 e. The molecule has 8 aromatic rings. The number of rotatable bonds is 3. The van der Waals surface area contributed by atoms with Gasteiger partial charge in [0.1, 0.15) is 0 Å². The highest BCUT2D eigenvalue weighted by atomic mass is 16.2. The lowest BCUT2D eigenvalue weighted by Gasteiger charge is -2.11. The van der Waals surface area contributed by atoms with E-state index in [0.717, 1.165) is 60.3 Å². The maximum atomic E-state index is 14.5. The summed E-state index contributed by atoms with van der Waals surface area (Å²) in [5.41, 5.74) is 6.85. The Labute approximate surface area is 231 Å². The molecule has 0 amide bonds. The highest BCUT2D eigenvalue weighted by Gasteiger charge is 2.23.